The summed E-state index contributed by atoms with van der Waals surface area (Å²) in [4.78, 5) is 0. The molecule has 0 amide bonds. The van der Waals surface area contributed by atoms with Crippen molar-refractivity contribution in [3.63, 3.8) is 0 Å². The van der Waals surface area contributed by atoms with Crippen LogP contribution in [0.2, 0.25) is 0 Å². The summed E-state index contributed by atoms with van der Waals surface area (Å²) in [5.41, 5.74) is 0.00965. The van der Waals surface area contributed by atoms with E-state index in [4.69, 9.17) is 9.29 Å². The van der Waals surface area contributed by atoms with E-state index >= 15 is 0 Å². The number of rotatable bonds is 6. The summed E-state index contributed by atoms with van der Waals surface area (Å²) in [6, 6.07) is 0. The van der Waals surface area contributed by atoms with Crippen LogP contribution in [0.15, 0.2) is 0 Å². The van der Waals surface area contributed by atoms with Crippen LogP contribution in [0.5, 0.6) is 0 Å². The maximum absolute atomic E-state index is 8.48. The molecule has 1 atom stereocenters. The van der Waals surface area contributed by atoms with Crippen LogP contribution in [0.25, 0.3) is 0 Å². The molecule has 0 spiro atoms. The highest BCUT2D eigenvalue weighted by molar-refractivity contribution is 7.93. The van der Waals surface area contributed by atoms with Crippen LogP contribution < -0.4 is 0 Å². The quantitative estimate of drug-likeness (QED) is 0.501. The lowest BCUT2D eigenvalue weighted by Gasteiger charge is -2.26. The lowest BCUT2D eigenvalue weighted by Crippen LogP contribution is -2.26. The fourth-order valence-corrected chi connectivity index (χ4v) is 1.21. The van der Waals surface area contributed by atoms with Gasteiger partial charge in [-0.25, -0.2) is 0 Å². The fourth-order valence-electron chi connectivity index (χ4n) is 0.934. The molecule has 0 radical (unpaired) electrons. The van der Waals surface area contributed by atoms with E-state index < -0.39 is 0 Å². The molecule has 0 saturated heterocycles. The average molecular weight is 178 g/mol. The largest absolute Gasteiger partial charge is 0.379 e. The Kier molecular flexibility index (Phi) is 6.01. The topological polar surface area (TPSA) is 29.5 Å². The molecule has 3 heteroatoms. The minimum Gasteiger partial charge on any atom is -0.379 e. The first-order chi connectivity index (χ1) is 5.18. The number of hydrogen-bond donors (Lipinski definition) is 1. The first kappa shape index (κ1) is 11.3. The summed E-state index contributed by atoms with van der Waals surface area (Å²) in [5.74, 6) is 0.805. The highest BCUT2D eigenvalue weighted by atomic mass is 32.2. The average Bonchev–Trinajstić information content (AvgIpc) is 2.05. The van der Waals surface area contributed by atoms with Gasteiger partial charge in [0.2, 0.25) is 0 Å². The Hall–Kier alpha value is 0.270. The van der Waals surface area contributed by atoms with E-state index in [1.54, 1.807) is 7.11 Å². The van der Waals surface area contributed by atoms with Crippen molar-refractivity contribution < 1.29 is 9.29 Å². The molecule has 0 aromatic carbocycles. The van der Waals surface area contributed by atoms with Gasteiger partial charge < -0.3 is 9.29 Å². The van der Waals surface area contributed by atoms with Gasteiger partial charge in [-0.1, -0.05) is 6.92 Å². The van der Waals surface area contributed by atoms with Crippen molar-refractivity contribution in [2.24, 2.45) is 0 Å². The number of hydrogen-bond acceptors (Lipinski definition) is 3. The SMILES string of the molecule is CCC(C)(CCCSO)OC. The van der Waals surface area contributed by atoms with Gasteiger partial charge in [-0.2, -0.15) is 0 Å². The zero-order valence-electron chi connectivity index (χ0n) is 7.59. The van der Waals surface area contributed by atoms with Gasteiger partial charge in [0.25, 0.3) is 0 Å². The molecule has 0 aliphatic heterocycles. The predicted molar refractivity (Wildman–Crippen MR) is 50.0 cm³/mol. The predicted octanol–water partition coefficient (Wildman–Crippen LogP) is 2.79. The van der Waals surface area contributed by atoms with Gasteiger partial charge in [-0.05, 0) is 38.2 Å². The van der Waals surface area contributed by atoms with Crippen molar-refractivity contribution in [1.29, 1.82) is 0 Å². The Balaban J connectivity index is 3.51. The molecule has 1 N–H and O–H groups in total. The standard InChI is InChI=1S/C8H18O2S/c1-4-8(2,10-3)6-5-7-11-9/h9H,4-7H2,1-3H3. The third-order valence-electron chi connectivity index (χ3n) is 2.18. The van der Waals surface area contributed by atoms with E-state index in [0.29, 0.717) is 0 Å². The number of ether oxygens (including phenoxy) is 1. The summed E-state index contributed by atoms with van der Waals surface area (Å²) in [6.45, 7) is 4.23. The molecule has 0 aliphatic rings. The molecule has 0 rings (SSSR count). The van der Waals surface area contributed by atoms with Crippen molar-refractivity contribution >= 4 is 12.0 Å². The van der Waals surface area contributed by atoms with Crippen molar-refractivity contribution in [2.75, 3.05) is 12.9 Å². The minimum atomic E-state index is 0.00965. The van der Waals surface area contributed by atoms with Crippen molar-refractivity contribution in [2.45, 2.75) is 38.7 Å². The van der Waals surface area contributed by atoms with E-state index in [-0.39, 0.29) is 5.60 Å². The van der Waals surface area contributed by atoms with Gasteiger partial charge in [0, 0.05) is 12.9 Å². The Morgan fingerprint density at radius 2 is 2.18 bits per heavy atom. The smallest absolute Gasteiger partial charge is 0.0648 e. The molecule has 1 unspecified atom stereocenters. The van der Waals surface area contributed by atoms with Gasteiger partial charge in [0.15, 0.2) is 0 Å². The molecule has 0 saturated carbocycles. The van der Waals surface area contributed by atoms with Crippen molar-refractivity contribution in [3.8, 4) is 0 Å². The highest BCUT2D eigenvalue weighted by Crippen LogP contribution is 2.21. The molecule has 2 nitrogen and oxygen atoms in total. The van der Waals surface area contributed by atoms with Crippen LogP contribution in [0.3, 0.4) is 0 Å². The monoisotopic (exact) mass is 178 g/mol. The van der Waals surface area contributed by atoms with Gasteiger partial charge in [-0.3, -0.25) is 0 Å². The van der Waals surface area contributed by atoms with Gasteiger partial charge >= 0.3 is 0 Å². The first-order valence-electron chi connectivity index (χ1n) is 4.00. The molecular weight excluding hydrogens is 160 g/mol. The van der Waals surface area contributed by atoms with Crippen LogP contribution in [-0.2, 0) is 4.74 Å². The van der Waals surface area contributed by atoms with Gasteiger partial charge in [0.1, 0.15) is 0 Å². The van der Waals surface area contributed by atoms with Gasteiger partial charge in [0.05, 0.1) is 5.60 Å². The Morgan fingerprint density at radius 1 is 1.55 bits per heavy atom. The fraction of sp³-hybridized carbons (Fsp3) is 1.00. The van der Waals surface area contributed by atoms with Crippen molar-refractivity contribution in [3.05, 3.63) is 0 Å². The first-order valence-corrected chi connectivity index (χ1v) is 4.94. The third-order valence-corrected chi connectivity index (χ3v) is 2.65. The normalized spacial score (nSPS) is 16.4. The molecule has 0 bridgehead atoms. The molecule has 0 fully saturated rings. The van der Waals surface area contributed by atoms with E-state index in [2.05, 4.69) is 13.8 Å². The Bertz CT molecular complexity index is 92.1. The maximum Gasteiger partial charge on any atom is 0.0648 e. The second-order valence-electron chi connectivity index (χ2n) is 2.94. The lowest BCUT2D eigenvalue weighted by molar-refractivity contribution is -0.00453. The van der Waals surface area contributed by atoms with Crippen LogP contribution in [0, 0.1) is 0 Å². The number of methoxy groups -OCH3 is 1. The van der Waals surface area contributed by atoms with E-state index in [1.165, 1.54) is 0 Å². The highest BCUT2D eigenvalue weighted by Gasteiger charge is 2.19. The molecule has 0 aliphatic carbocycles. The minimum absolute atomic E-state index is 0.00965. The summed E-state index contributed by atoms with van der Waals surface area (Å²) < 4.78 is 13.8. The van der Waals surface area contributed by atoms with E-state index in [1.807, 2.05) is 0 Å². The molecule has 0 aromatic heterocycles. The van der Waals surface area contributed by atoms with Gasteiger partial charge in [-0.15, -0.1) is 0 Å². The maximum atomic E-state index is 8.48. The Morgan fingerprint density at radius 3 is 2.55 bits per heavy atom. The summed E-state index contributed by atoms with van der Waals surface area (Å²) >= 11 is 0.908. The molecule has 11 heavy (non-hydrogen) atoms. The van der Waals surface area contributed by atoms with Crippen LogP contribution in [0.4, 0.5) is 0 Å². The van der Waals surface area contributed by atoms with Crippen LogP contribution in [0.1, 0.15) is 33.1 Å². The molecule has 0 heterocycles. The van der Waals surface area contributed by atoms with E-state index in [0.717, 1.165) is 37.1 Å². The van der Waals surface area contributed by atoms with Crippen LogP contribution >= 0.6 is 12.0 Å². The second kappa shape index (κ2) is 5.86. The van der Waals surface area contributed by atoms with E-state index in [9.17, 15) is 0 Å². The Labute approximate surface area is 73.5 Å². The third kappa shape index (κ3) is 4.67. The zero-order chi connectivity index (χ0) is 8.74. The zero-order valence-corrected chi connectivity index (χ0v) is 8.41. The molecular formula is C8H18O2S. The lowest BCUT2D eigenvalue weighted by atomic mass is 9.97. The van der Waals surface area contributed by atoms with Crippen LogP contribution in [-0.4, -0.2) is 23.0 Å². The van der Waals surface area contributed by atoms with Crippen molar-refractivity contribution in [1.82, 2.24) is 0 Å². The second-order valence-corrected chi connectivity index (χ2v) is 3.61. The molecule has 0 aromatic rings. The summed E-state index contributed by atoms with van der Waals surface area (Å²) in [5, 5.41) is 0. The summed E-state index contributed by atoms with van der Waals surface area (Å²) in [7, 11) is 1.75. The summed E-state index contributed by atoms with van der Waals surface area (Å²) in [6.07, 6.45) is 3.06. The molecule has 68 valence electrons.